The van der Waals surface area contributed by atoms with Gasteiger partial charge in [-0.05, 0) is 18.2 Å². The van der Waals surface area contributed by atoms with Gasteiger partial charge in [-0.25, -0.2) is 4.98 Å². The number of hydrazone groups is 1. The molecule has 1 aromatic heterocycles. The standard InChI is InChI=1S/C13H9Cl2F3N4O/c14-8-2-1-3-22-11(20-21-12(8)22)7-4-9(15)19-10(5-7)23-6-13(16,17)18/h1-5,12,21H,6H2. The summed E-state index contributed by atoms with van der Waals surface area (Å²) in [5.41, 5.74) is 3.28. The Morgan fingerprint density at radius 2 is 2.09 bits per heavy atom. The number of allylic oxidation sites excluding steroid dienone is 2. The van der Waals surface area contributed by atoms with E-state index in [1.807, 2.05) is 0 Å². The molecule has 2 aliphatic rings. The number of nitrogens with one attached hydrogen (secondary N) is 1. The number of nitrogens with zero attached hydrogens (tertiary/aromatic N) is 3. The molecular formula is C13H9Cl2F3N4O. The van der Waals surface area contributed by atoms with E-state index in [0.29, 0.717) is 16.4 Å². The largest absolute Gasteiger partial charge is 0.468 e. The summed E-state index contributed by atoms with van der Waals surface area (Å²) in [7, 11) is 0. The monoisotopic (exact) mass is 364 g/mol. The van der Waals surface area contributed by atoms with Crippen molar-refractivity contribution in [2.24, 2.45) is 5.10 Å². The Kier molecular flexibility index (Phi) is 4.11. The highest BCUT2D eigenvalue weighted by atomic mass is 35.5. The quantitative estimate of drug-likeness (QED) is 0.836. The van der Waals surface area contributed by atoms with Gasteiger partial charge in [0.1, 0.15) is 5.15 Å². The highest BCUT2D eigenvalue weighted by Gasteiger charge is 2.32. The van der Waals surface area contributed by atoms with Crippen molar-refractivity contribution in [3.8, 4) is 5.88 Å². The van der Waals surface area contributed by atoms with Gasteiger partial charge >= 0.3 is 6.18 Å². The van der Waals surface area contributed by atoms with Crippen LogP contribution in [0.2, 0.25) is 5.15 Å². The Morgan fingerprint density at radius 3 is 2.83 bits per heavy atom. The lowest BCUT2D eigenvalue weighted by Crippen LogP contribution is -2.38. The summed E-state index contributed by atoms with van der Waals surface area (Å²) >= 11 is 11.9. The van der Waals surface area contributed by atoms with E-state index in [9.17, 15) is 13.2 Å². The second-order valence-corrected chi connectivity index (χ2v) is 5.51. The molecule has 122 valence electrons. The molecule has 5 nitrogen and oxygen atoms in total. The van der Waals surface area contributed by atoms with E-state index in [0.717, 1.165) is 0 Å². The molecule has 2 aliphatic heterocycles. The van der Waals surface area contributed by atoms with Crippen LogP contribution in [0.5, 0.6) is 5.88 Å². The third kappa shape index (κ3) is 3.53. The average Bonchev–Trinajstić information content (AvgIpc) is 2.89. The lowest BCUT2D eigenvalue weighted by Gasteiger charge is -2.25. The van der Waals surface area contributed by atoms with Crippen LogP contribution in [0.15, 0.2) is 40.6 Å². The number of ether oxygens (including phenoxy) is 1. The number of alkyl halides is 3. The molecule has 3 heterocycles. The molecule has 1 unspecified atom stereocenters. The van der Waals surface area contributed by atoms with Crippen molar-refractivity contribution in [2.45, 2.75) is 12.3 Å². The van der Waals surface area contributed by atoms with E-state index in [-0.39, 0.29) is 17.2 Å². The molecule has 1 aromatic rings. The zero-order valence-electron chi connectivity index (χ0n) is 11.3. The molecule has 0 radical (unpaired) electrons. The highest BCUT2D eigenvalue weighted by Crippen LogP contribution is 2.27. The first kappa shape index (κ1) is 15.9. The minimum atomic E-state index is -4.46. The van der Waals surface area contributed by atoms with Crippen molar-refractivity contribution in [3.05, 3.63) is 46.2 Å². The molecule has 3 rings (SSSR count). The second kappa shape index (κ2) is 5.93. The maximum Gasteiger partial charge on any atom is 0.422 e. The zero-order valence-corrected chi connectivity index (χ0v) is 12.8. The number of fused-ring (bicyclic) bond motifs is 1. The first-order chi connectivity index (χ1) is 10.8. The number of pyridine rings is 1. The third-order valence-electron chi connectivity index (χ3n) is 2.99. The van der Waals surface area contributed by atoms with Gasteiger partial charge in [-0.2, -0.15) is 18.3 Å². The summed E-state index contributed by atoms with van der Waals surface area (Å²) < 4.78 is 41.4. The van der Waals surface area contributed by atoms with Gasteiger partial charge in [-0.15, -0.1) is 0 Å². The minimum absolute atomic E-state index is 0.00606. The van der Waals surface area contributed by atoms with Crippen molar-refractivity contribution in [1.29, 1.82) is 0 Å². The smallest absolute Gasteiger partial charge is 0.422 e. The van der Waals surface area contributed by atoms with Crippen LogP contribution >= 0.6 is 23.2 Å². The van der Waals surface area contributed by atoms with Gasteiger partial charge in [0.15, 0.2) is 18.6 Å². The van der Waals surface area contributed by atoms with Crippen LogP contribution in [-0.2, 0) is 0 Å². The topological polar surface area (TPSA) is 49.8 Å². The normalized spacial score (nSPS) is 19.9. The van der Waals surface area contributed by atoms with Gasteiger partial charge in [0.2, 0.25) is 5.88 Å². The van der Waals surface area contributed by atoms with E-state index < -0.39 is 12.8 Å². The Hall–Kier alpha value is -1.93. The van der Waals surface area contributed by atoms with E-state index in [4.69, 9.17) is 23.2 Å². The zero-order chi connectivity index (χ0) is 16.6. The van der Waals surface area contributed by atoms with Gasteiger partial charge in [0, 0.05) is 17.8 Å². The maximum absolute atomic E-state index is 12.2. The fourth-order valence-electron chi connectivity index (χ4n) is 2.08. The third-order valence-corrected chi connectivity index (χ3v) is 3.52. The molecule has 0 bridgehead atoms. The van der Waals surface area contributed by atoms with E-state index >= 15 is 0 Å². The molecule has 0 spiro atoms. The van der Waals surface area contributed by atoms with Crippen LogP contribution in [-0.4, -0.2) is 34.7 Å². The predicted octanol–water partition coefficient (Wildman–Crippen LogP) is 3.22. The van der Waals surface area contributed by atoms with Crippen LogP contribution in [0.25, 0.3) is 0 Å². The number of amidine groups is 1. The van der Waals surface area contributed by atoms with Crippen LogP contribution in [0.3, 0.4) is 0 Å². The molecule has 0 fully saturated rings. The molecule has 0 aliphatic carbocycles. The molecule has 0 amide bonds. The minimum Gasteiger partial charge on any atom is -0.468 e. The van der Waals surface area contributed by atoms with Crippen molar-refractivity contribution < 1.29 is 17.9 Å². The lowest BCUT2D eigenvalue weighted by molar-refractivity contribution is -0.154. The summed E-state index contributed by atoms with van der Waals surface area (Å²) in [6.45, 7) is -1.45. The van der Waals surface area contributed by atoms with E-state index in [1.165, 1.54) is 12.1 Å². The van der Waals surface area contributed by atoms with Gasteiger partial charge in [0.25, 0.3) is 0 Å². The molecule has 1 atom stereocenters. The fourth-order valence-corrected chi connectivity index (χ4v) is 2.51. The van der Waals surface area contributed by atoms with Crippen molar-refractivity contribution in [1.82, 2.24) is 15.3 Å². The summed E-state index contributed by atoms with van der Waals surface area (Å²) in [6.07, 6.45) is 0.356. The first-order valence-electron chi connectivity index (χ1n) is 6.36. The van der Waals surface area contributed by atoms with Gasteiger partial charge in [0.05, 0.1) is 5.03 Å². The Bertz CT molecular complexity index is 718. The Balaban J connectivity index is 1.85. The number of halogens is 5. The number of rotatable bonds is 3. The van der Waals surface area contributed by atoms with Crippen molar-refractivity contribution in [2.75, 3.05) is 6.61 Å². The van der Waals surface area contributed by atoms with Crippen LogP contribution in [0.4, 0.5) is 13.2 Å². The predicted molar refractivity (Wildman–Crippen MR) is 79.2 cm³/mol. The summed E-state index contributed by atoms with van der Waals surface area (Å²) in [4.78, 5) is 5.44. The van der Waals surface area contributed by atoms with Gasteiger partial charge in [-0.3, -0.25) is 5.43 Å². The van der Waals surface area contributed by atoms with E-state index in [1.54, 1.807) is 23.3 Å². The molecule has 0 saturated carbocycles. The second-order valence-electron chi connectivity index (χ2n) is 4.69. The van der Waals surface area contributed by atoms with Crippen molar-refractivity contribution >= 4 is 29.0 Å². The summed E-state index contributed by atoms with van der Waals surface area (Å²) in [6, 6.07) is 2.81. The Morgan fingerprint density at radius 1 is 1.30 bits per heavy atom. The Labute approximate surface area is 139 Å². The number of hydrogen-bond acceptors (Lipinski definition) is 5. The number of aromatic nitrogens is 1. The lowest BCUT2D eigenvalue weighted by atomic mass is 10.2. The molecule has 0 aromatic carbocycles. The number of hydrogen-bond donors (Lipinski definition) is 1. The van der Waals surface area contributed by atoms with E-state index in [2.05, 4.69) is 20.2 Å². The summed E-state index contributed by atoms with van der Waals surface area (Å²) in [5.74, 6) is 0.206. The van der Waals surface area contributed by atoms with Gasteiger partial charge < -0.3 is 9.64 Å². The average molecular weight is 365 g/mol. The molecule has 1 N–H and O–H groups in total. The SMILES string of the molecule is FC(F)(F)COc1cc(C2=NNC3C(Cl)=CC=CN23)cc(Cl)n1. The molecule has 23 heavy (non-hydrogen) atoms. The summed E-state index contributed by atoms with van der Waals surface area (Å²) in [5, 5.41) is 4.67. The molecule has 10 heteroatoms. The van der Waals surface area contributed by atoms with Crippen molar-refractivity contribution in [3.63, 3.8) is 0 Å². The first-order valence-corrected chi connectivity index (χ1v) is 7.12. The maximum atomic E-state index is 12.2. The highest BCUT2D eigenvalue weighted by molar-refractivity contribution is 6.31. The molecular weight excluding hydrogens is 356 g/mol. The molecule has 0 saturated heterocycles. The van der Waals surface area contributed by atoms with Crippen LogP contribution in [0, 0.1) is 0 Å². The fraction of sp³-hybridized carbons (Fsp3) is 0.231. The van der Waals surface area contributed by atoms with Gasteiger partial charge in [-0.1, -0.05) is 23.2 Å². The van der Waals surface area contributed by atoms with Crippen LogP contribution in [0.1, 0.15) is 5.56 Å². The van der Waals surface area contributed by atoms with Crippen LogP contribution < -0.4 is 10.2 Å².